The lowest BCUT2D eigenvalue weighted by Crippen LogP contribution is -2.35. The summed E-state index contributed by atoms with van der Waals surface area (Å²) in [5, 5.41) is 0.843. The number of fused-ring (bicyclic) bond motifs is 2. The molecule has 2 heterocycles. The van der Waals surface area contributed by atoms with Gasteiger partial charge in [0, 0.05) is 17.2 Å². The average Bonchev–Trinajstić information content (AvgIpc) is 2.51. The molecule has 4 nitrogen and oxygen atoms in total. The number of benzene rings is 1. The standard InChI is InChI=1S/C20H26O4/c1-7-19(2,3)15-17-12(8-9-14(21)23-17)16(22-6)13-10-11-20(4,5)24-18(13)15/h8-9H,7,10-11H2,1-6H3. The van der Waals surface area contributed by atoms with Crippen LogP contribution in [0.25, 0.3) is 11.0 Å². The fraction of sp³-hybridized carbons (Fsp3) is 0.550. The molecule has 2 aromatic rings. The van der Waals surface area contributed by atoms with E-state index in [1.807, 2.05) is 0 Å². The second-order valence-corrected chi connectivity index (χ2v) is 7.81. The Morgan fingerprint density at radius 1 is 1.29 bits per heavy atom. The van der Waals surface area contributed by atoms with Crippen LogP contribution in [0, 0.1) is 0 Å². The predicted molar refractivity (Wildman–Crippen MR) is 95.4 cm³/mol. The molecule has 1 aromatic heterocycles. The molecule has 0 atom stereocenters. The van der Waals surface area contributed by atoms with Gasteiger partial charge in [-0.05, 0) is 44.6 Å². The summed E-state index contributed by atoms with van der Waals surface area (Å²) in [6.45, 7) is 10.6. The van der Waals surface area contributed by atoms with Gasteiger partial charge in [-0.1, -0.05) is 20.8 Å². The van der Waals surface area contributed by atoms with Crippen molar-refractivity contribution in [2.45, 2.75) is 64.9 Å². The van der Waals surface area contributed by atoms with Gasteiger partial charge in [0.2, 0.25) is 0 Å². The maximum absolute atomic E-state index is 11.9. The Morgan fingerprint density at radius 3 is 2.62 bits per heavy atom. The van der Waals surface area contributed by atoms with Crippen molar-refractivity contribution < 1.29 is 13.9 Å². The molecular formula is C20H26O4. The first-order valence-electron chi connectivity index (χ1n) is 8.56. The van der Waals surface area contributed by atoms with Crippen LogP contribution in [0.4, 0.5) is 0 Å². The number of rotatable bonds is 3. The summed E-state index contributed by atoms with van der Waals surface area (Å²) < 4.78 is 17.7. The average molecular weight is 330 g/mol. The topological polar surface area (TPSA) is 48.7 Å². The number of methoxy groups -OCH3 is 1. The van der Waals surface area contributed by atoms with Gasteiger partial charge in [0.25, 0.3) is 0 Å². The van der Waals surface area contributed by atoms with Gasteiger partial charge in [-0.25, -0.2) is 4.79 Å². The molecule has 0 fully saturated rings. The molecule has 3 rings (SSSR count). The van der Waals surface area contributed by atoms with E-state index in [2.05, 4.69) is 34.6 Å². The molecule has 130 valence electrons. The molecule has 0 saturated heterocycles. The minimum absolute atomic E-state index is 0.181. The van der Waals surface area contributed by atoms with Crippen molar-refractivity contribution in [1.82, 2.24) is 0 Å². The zero-order chi connectivity index (χ0) is 17.7. The van der Waals surface area contributed by atoms with Crippen LogP contribution in [0.15, 0.2) is 21.3 Å². The van der Waals surface area contributed by atoms with Crippen molar-refractivity contribution in [3.05, 3.63) is 33.7 Å². The van der Waals surface area contributed by atoms with E-state index in [0.29, 0.717) is 5.58 Å². The zero-order valence-corrected chi connectivity index (χ0v) is 15.4. The maximum Gasteiger partial charge on any atom is 0.336 e. The van der Waals surface area contributed by atoms with Gasteiger partial charge in [0.15, 0.2) is 0 Å². The second-order valence-electron chi connectivity index (χ2n) is 7.81. The fourth-order valence-electron chi connectivity index (χ4n) is 3.42. The minimum atomic E-state index is -0.354. The molecule has 4 heteroatoms. The van der Waals surface area contributed by atoms with Crippen molar-refractivity contribution in [2.75, 3.05) is 7.11 Å². The SMILES string of the molecule is CCC(C)(C)c1c2c(c(OC)c3ccc(=O)oc13)CCC(C)(C)O2. The Morgan fingerprint density at radius 2 is 2.00 bits per heavy atom. The van der Waals surface area contributed by atoms with E-state index >= 15 is 0 Å². The maximum atomic E-state index is 11.9. The third kappa shape index (κ3) is 2.58. The summed E-state index contributed by atoms with van der Waals surface area (Å²) in [6.07, 6.45) is 2.71. The van der Waals surface area contributed by atoms with Crippen molar-refractivity contribution in [1.29, 1.82) is 0 Å². The summed E-state index contributed by atoms with van der Waals surface area (Å²) in [7, 11) is 1.66. The van der Waals surface area contributed by atoms with Crippen LogP contribution in [0.5, 0.6) is 11.5 Å². The third-order valence-electron chi connectivity index (χ3n) is 5.20. The molecule has 0 unspecified atom stereocenters. The minimum Gasteiger partial charge on any atom is -0.496 e. The second kappa shape index (κ2) is 5.54. The summed E-state index contributed by atoms with van der Waals surface area (Å²) >= 11 is 0. The summed E-state index contributed by atoms with van der Waals surface area (Å²) in [6, 6.07) is 3.25. The van der Waals surface area contributed by atoms with Crippen molar-refractivity contribution in [3.8, 4) is 11.5 Å². The normalized spacial score (nSPS) is 16.6. The number of ether oxygens (including phenoxy) is 2. The smallest absolute Gasteiger partial charge is 0.336 e. The molecule has 0 bridgehead atoms. The monoisotopic (exact) mass is 330 g/mol. The van der Waals surface area contributed by atoms with Gasteiger partial charge in [0.1, 0.15) is 22.7 Å². The van der Waals surface area contributed by atoms with Gasteiger partial charge >= 0.3 is 5.63 Å². The van der Waals surface area contributed by atoms with Crippen molar-refractivity contribution in [3.63, 3.8) is 0 Å². The highest BCUT2D eigenvalue weighted by Gasteiger charge is 2.37. The quantitative estimate of drug-likeness (QED) is 0.772. The molecule has 0 aliphatic carbocycles. The van der Waals surface area contributed by atoms with Gasteiger partial charge in [-0.3, -0.25) is 0 Å². The van der Waals surface area contributed by atoms with Gasteiger partial charge in [0.05, 0.1) is 12.5 Å². The van der Waals surface area contributed by atoms with E-state index in [0.717, 1.165) is 47.3 Å². The van der Waals surface area contributed by atoms with Gasteiger partial charge in [-0.15, -0.1) is 0 Å². The molecule has 1 aliphatic rings. The van der Waals surface area contributed by atoms with Gasteiger partial charge < -0.3 is 13.9 Å². The Labute approximate surface area is 142 Å². The van der Waals surface area contributed by atoms with Crippen LogP contribution < -0.4 is 15.1 Å². The van der Waals surface area contributed by atoms with E-state index in [4.69, 9.17) is 13.9 Å². The van der Waals surface area contributed by atoms with E-state index in [9.17, 15) is 4.79 Å². The third-order valence-corrected chi connectivity index (χ3v) is 5.20. The Balaban J connectivity index is 2.49. The number of hydrogen-bond donors (Lipinski definition) is 0. The highest BCUT2D eigenvalue weighted by atomic mass is 16.5. The Kier molecular flexibility index (Phi) is 3.89. The molecule has 0 spiro atoms. The Bertz CT molecular complexity index is 843. The highest BCUT2D eigenvalue weighted by molar-refractivity contribution is 5.91. The van der Waals surface area contributed by atoms with Gasteiger partial charge in [-0.2, -0.15) is 0 Å². The first-order valence-corrected chi connectivity index (χ1v) is 8.56. The van der Waals surface area contributed by atoms with Crippen LogP contribution in [-0.2, 0) is 11.8 Å². The highest BCUT2D eigenvalue weighted by Crippen LogP contribution is 2.50. The lowest BCUT2D eigenvalue weighted by Gasteiger charge is -2.38. The molecular weight excluding hydrogens is 304 g/mol. The summed E-state index contributed by atoms with van der Waals surface area (Å²) in [5.41, 5.74) is 1.85. The van der Waals surface area contributed by atoms with Crippen molar-refractivity contribution >= 4 is 11.0 Å². The molecule has 0 amide bonds. The molecule has 0 N–H and O–H groups in total. The summed E-state index contributed by atoms with van der Waals surface area (Å²) in [5.74, 6) is 1.59. The van der Waals surface area contributed by atoms with E-state index < -0.39 is 0 Å². The van der Waals surface area contributed by atoms with Crippen LogP contribution in [0.3, 0.4) is 0 Å². The zero-order valence-electron chi connectivity index (χ0n) is 15.4. The molecule has 0 saturated carbocycles. The Hall–Kier alpha value is -1.97. The van der Waals surface area contributed by atoms with Crippen LogP contribution in [-0.4, -0.2) is 12.7 Å². The molecule has 1 aliphatic heterocycles. The molecule has 1 aromatic carbocycles. The molecule has 24 heavy (non-hydrogen) atoms. The van der Waals surface area contributed by atoms with E-state index in [1.54, 1.807) is 13.2 Å². The van der Waals surface area contributed by atoms with E-state index in [1.165, 1.54) is 6.07 Å². The fourth-order valence-corrected chi connectivity index (χ4v) is 3.42. The van der Waals surface area contributed by atoms with Crippen LogP contribution in [0.1, 0.15) is 58.6 Å². The first kappa shape index (κ1) is 16.9. The van der Waals surface area contributed by atoms with E-state index in [-0.39, 0.29) is 16.6 Å². The van der Waals surface area contributed by atoms with Crippen LogP contribution >= 0.6 is 0 Å². The molecule has 0 radical (unpaired) electrons. The first-order chi connectivity index (χ1) is 11.2. The largest absolute Gasteiger partial charge is 0.496 e. The van der Waals surface area contributed by atoms with Crippen molar-refractivity contribution in [2.24, 2.45) is 0 Å². The summed E-state index contributed by atoms with van der Waals surface area (Å²) in [4.78, 5) is 11.9. The lowest BCUT2D eigenvalue weighted by atomic mass is 9.78. The lowest BCUT2D eigenvalue weighted by molar-refractivity contribution is 0.0808. The van der Waals surface area contributed by atoms with Crippen LogP contribution in [0.2, 0.25) is 0 Å². The number of hydrogen-bond acceptors (Lipinski definition) is 4. The predicted octanol–water partition coefficient (Wildman–Crippen LogP) is 4.59.